The molecule has 4 heterocycles. The number of hydrogen-bond donors (Lipinski definition) is 1. The fourth-order valence-electron chi connectivity index (χ4n) is 5.05. The van der Waals surface area contributed by atoms with Gasteiger partial charge >= 0.3 is 6.18 Å². The van der Waals surface area contributed by atoms with Crippen molar-refractivity contribution < 1.29 is 31.8 Å². The number of ether oxygens (including phenoxy) is 2. The van der Waals surface area contributed by atoms with Crippen LogP contribution in [-0.2, 0) is 24.1 Å². The van der Waals surface area contributed by atoms with E-state index in [0.29, 0.717) is 27.7 Å². The summed E-state index contributed by atoms with van der Waals surface area (Å²) in [5, 5.41) is 2.30. The normalized spacial score (nSPS) is 18.3. The van der Waals surface area contributed by atoms with Gasteiger partial charge in [0.2, 0.25) is 0 Å². The van der Waals surface area contributed by atoms with Crippen molar-refractivity contribution in [3.8, 4) is 5.75 Å². The van der Waals surface area contributed by atoms with Crippen LogP contribution in [0.3, 0.4) is 0 Å². The Morgan fingerprint density at radius 1 is 1.26 bits per heavy atom. The molecule has 2 aliphatic heterocycles. The van der Waals surface area contributed by atoms with Gasteiger partial charge in [-0.1, -0.05) is 6.07 Å². The molecule has 0 saturated heterocycles. The summed E-state index contributed by atoms with van der Waals surface area (Å²) in [6.45, 7) is 2.00. The highest BCUT2D eigenvalue weighted by molar-refractivity contribution is 7.07. The van der Waals surface area contributed by atoms with Gasteiger partial charge in [0.05, 0.1) is 53.1 Å². The van der Waals surface area contributed by atoms with Gasteiger partial charge in [0.15, 0.2) is 0 Å². The lowest BCUT2D eigenvalue weighted by Gasteiger charge is -2.28. The van der Waals surface area contributed by atoms with Crippen LogP contribution in [0.15, 0.2) is 41.2 Å². The second-order valence-corrected chi connectivity index (χ2v) is 9.90. The second-order valence-electron chi connectivity index (χ2n) is 9.18. The summed E-state index contributed by atoms with van der Waals surface area (Å²) in [6, 6.07) is 5.01. The van der Waals surface area contributed by atoms with Gasteiger partial charge in [0, 0.05) is 28.0 Å². The minimum Gasteiger partial charge on any atom is -0.491 e. The minimum absolute atomic E-state index is 0.00649. The van der Waals surface area contributed by atoms with Gasteiger partial charge in [0.25, 0.3) is 5.91 Å². The number of pyridine rings is 1. The van der Waals surface area contributed by atoms with Crippen LogP contribution in [0.4, 0.5) is 23.4 Å². The van der Waals surface area contributed by atoms with Crippen LogP contribution in [0.1, 0.15) is 57.4 Å². The molecule has 0 saturated carbocycles. The summed E-state index contributed by atoms with van der Waals surface area (Å²) in [6.07, 6.45) is -4.83. The molecule has 0 radical (unpaired) electrons. The number of nitrogens with zero attached hydrogens (tertiary/aromatic N) is 3. The van der Waals surface area contributed by atoms with Crippen LogP contribution >= 0.6 is 11.3 Å². The zero-order valence-corrected chi connectivity index (χ0v) is 20.7. The summed E-state index contributed by atoms with van der Waals surface area (Å²) >= 11 is 1.33. The highest BCUT2D eigenvalue weighted by Crippen LogP contribution is 2.42. The van der Waals surface area contributed by atoms with Crippen molar-refractivity contribution >= 4 is 34.0 Å². The molecule has 0 bridgehead atoms. The lowest BCUT2D eigenvalue weighted by Crippen LogP contribution is -2.36. The monoisotopic (exact) mass is 544 g/mol. The highest BCUT2D eigenvalue weighted by Gasteiger charge is 2.38. The number of anilines is 1. The molecule has 2 atom stereocenters. The number of fused-ring (bicyclic) bond motifs is 4. The average molecular weight is 545 g/mol. The van der Waals surface area contributed by atoms with Crippen molar-refractivity contribution in [2.75, 3.05) is 12.3 Å². The fourth-order valence-corrected chi connectivity index (χ4v) is 5.60. The van der Waals surface area contributed by atoms with Gasteiger partial charge in [0.1, 0.15) is 24.0 Å². The molecular formula is C26H20F4N4O3S. The third kappa shape index (κ3) is 4.04. The Kier molecular flexibility index (Phi) is 5.76. The molecule has 1 amide bonds. The van der Waals surface area contributed by atoms with Crippen LogP contribution in [0.5, 0.6) is 5.75 Å². The summed E-state index contributed by atoms with van der Waals surface area (Å²) in [7, 11) is 0. The van der Waals surface area contributed by atoms with Crippen molar-refractivity contribution in [2.45, 2.75) is 38.4 Å². The number of alkyl halides is 3. The maximum Gasteiger partial charge on any atom is 0.416 e. The van der Waals surface area contributed by atoms with Crippen molar-refractivity contribution in [1.82, 2.24) is 14.9 Å². The van der Waals surface area contributed by atoms with Crippen LogP contribution in [0, 0.1) is 5.82 Å². The molecule has 0 aliphatic carbocycles. The maximum atomic E-state index is 15.4. The number of benzene rings is 2. The van der Waals surface area contributed by atoms with Crippen LogP contribution in [0.25, 0.3) is 10.9 Å². The molecule has 0 spiro atoms. The molecule has 4 aromatic rings. The number of amides is 1. The van der Waals surface area contributed by atoms with Crippen molar-refractivity contribution in [1.29, 1.82) is 0 Å². The van der Waals surface area contributed by atoms with Crippen molar-refractivity contribution in [3.63, 3.8) is 0 Å². The van der Waals surface area contributed by atoms with E-state index in [0.717, 1.165) is 23.8 Å². The first kappa shape index (κ1) is 24.6. The molecule has 0 fully saturated rings. The predicted molar refractivity (Wildman–Crippen MR) is 131 cm³/mol. The smallest absolute Gasteiger partial charge is 0.416 e. The molecule has 2 N–H and O–H groups in total. The summed E-state index contributed by atoms with van der Waals surface area (Å²) < 4.78 is 66.4. The van der Waals surface area contributed by atoms with Gasteiger partial charge < -0.3 is 20.1 Å². The van der Waals surface area contributed by atoms with E-state index in [2.05, 4.69) is 9.97 Å². The number of nitrogens with two attached hydrogens (primary N) is 1. The first-order valence-electron chi connectivity index (χ1n) is 11.7. The SMILES string of the molecule is C[C@H]1OCc2c1c(N)nc1cc(F)c(C(=O)N(Cc3cscn3)C3COc4cc(C(F)(F)F)ccc43)cc21. The van der Waals surface area contributed by atoms with E-state index in [1.165, 1.54) is 28.4 Å². The Morgan fingerprint density at radius 3 is 2.82 bits per heavy atom. The Labute approximate surface area is 217 Å². The quantitative estimate of drug-likeness (QED) is 0.327. The number of carbonyl (C=O) groups is 1. The van der Waals surface area contributed by atoms with Gasteiger partial charge in [-0.2, -0.15) is 13.2 Å². The maximum absolute atomic E-state index is 15.4. The number of halogens is 4. The third-order valence-electron chi connectivity index (χ3n) is 6.92. The number of thiazole rings is 1. The van der Waals surface area contributed by atoms with Crippen LogP contribution in [0.2, 0.25) is 0 Å². The van der Waals surface area contributed by atoms with Crippen LogP contribution < -0.4 is 10.5 Å². The standard InChI is InChI=1S/C26H20F4N4O3S/c1-12-23-18(8-36-12)16-5-17(19(27)6-20(16)33-24(23)31)25(35)34(7-14-10-38-11-32-14)21-9-37-22-4-13(26(28,29)30)2-3-15(21)22/h2-6,10-12,21H,7-9H2,1H3,(H2,31,33)/t12-,21?/m1/s1. The zero-order valence-electron chi connectivity index (χ0n) is 19.9. The molecule has 2 aromatic carbocycles. The van der Waals surface area contributed by atoms with E-state index in [1.54, 1.807) is 10.9 Å². The fraction of sp³-hybridized carbons (Fsp3) is 0.269. The predicted octanol–water partition coefficient (Wildman–Crippen LogP) is 5.80. The van der Waals surface area contributed by atoms with Gasteiger partial charge in [-0.25, -0.2) is 14.4 Å². The molecule has 196 valence electrons. The van der Waals surface area contributed by atoms with Gasteiger partial charge in [-0.05, 0) is 30.7 Å². The Bertz CT molecular complexity index is 1580. The largest absolute Gasteiger partial charge is 0.491 e. The van der Waals surface area contributed by atoms with Crippen molar-refractivity contribution in [2.24, 2.45) is 0 Å². The number of carbonyl (C=O) groups excluding carboxylic acids is 1. The lowest BCUT2D eigenvalue weighted by molar-refractivity contribution is -0.137. The number of rotatable bonds is 4. The lowest BCUT2D eigenvalue weighted by atomic mass is 9.98. The molecular weight excluding hydrogens is 524 g/mol. The molecule has 2 aromatic heterocycles. The molecule has 6 rings (SSSR count). The van der Waals surface area contributed by atoms with Crippen LogP contribution in [-0.4, -0.2) is 27.4 Å². The number of aromatic nitrogens is 2. The van der Waals surface area contributed by atoms with Gasteiger partial charge in [-0.15, -0.1) is 11.3 Å². The van der Waals surface area contributed by atoms with E-state index in [1.807, 2.05) is 6.92 Å². The number of nitrogen functional groups attached to an aromatic ring is 1. The van der Waals surface area contributed by atoms with E-state index in [4.69, 9.17) is 15.2 Å². The second kappa shape index (κ2) is 8.91. The highest BCUT2D eigenvalue weighted by atomic mass is 32.1. The first-order chi connectivity index (χ1) is 18.1. The Hall–Kier alpha value is -3.77. The van der Waals surface area contributed by atoms with Crippen molar-refractivity contribution in [3.05, 3.63) is 80.6 Å². The van der Waals surface area contributed by atoms with E-state index >= 15 is 4.39 Å². The summed E-state index contributed by atoms with van der Waals surface area (Å²) in [5.41, 5.74) is 9.34. The van der Waals surface area contributed by atoms with E-state index in [-0.39, 0.29) is 43.0 Å². The van der Waals surface area contributed by atoms with E-state index in [9.17, 15) is 18.0 Å². The Balaban J connectivity index is 1.44. The Morgan fingerprint density at radius 2 is 2.08 bits per heavy atom. The molecule has 1 unspecified atom stereocenters. The third-order valence-corrected chi connectivity index (χ3v) is 7.55. The average Bonchev–Trinajstić information content (AvgIpc) is 3.61. The molecule has 12 heteroatoms. The zero-order chi connectivity index (χ0) is 26.8. The topological polar surface area (TPSA) is 90.6 Å². The van der Waals surface area contributed by atoms with E-state index < -0.39 is 29.5 Å². The molecule has 7 nitrogen and oxygen atoms in total. The number of hydrogen-bond acceptors (Lipinski definition) is 7. The summed E-state index contributed by atoms with van der Waals surface area (Å²) in [5.74, 6) is -1.17. The first-order valence-corrected chi connectivity index (χ1v) is 12.6. The van der Waals surface area contributed by atoms with Gasteiger partial charge in [-0.3, -0.25) is 4.79 Å². The molecule has 2 aliphatic rings. The summed E-state index contributed by atoms with van der Waals surface area (Å²) in [4.78, 5) is 23.9. The molecule has 38 heavy (non-hydrogen) atoms. The minimum atomic E-state index is -4.54.